The van der Waals surface area contributed by atoms with Crippen molar-refractivity contribution in [3.05, 3.63) is 48.0 Å². The molecule has 1 fully saturated rings. The molecule has 1 heterocycles. The third-order valence-corrected chi connectivity index (χ3v) is 3.66. The number of amides is 1. The number of hydrogen-bond acceptors (Lipinski definition) is 2. The number of benzene rings is 2. The molecule has 3 heteroatoms. The molecule has 2 N–H and O–H groups in total. The molecule has 0 radical (unpaired) electrons. The van der Waals surface area contributed by atoms with E-state index in [-0.39, 0.29) is 24.5 Å². The summed E-state index contributed by atoms with van der Waals surface area (Å²) in [5.41, 5.74) is 1.14. The molecule has 92 valence electrons. The highest BCUT2D eigenvalue weighted by molar-refractivity contribution is 5.88. The van der Waals surface area contributed by atoms with Crippen molar-refractivity contribution in [1.82, 2.24) is 5.32 Å². The van der Waals surface area contributed by atoms with Crippen molar-refractivity contribution in [2.75, 3.05) is 6.61 Å². The van der Waals surface area contributed by atoms with E-state index >= 15 is 0 Å². The third-order valence-electron chi connectivity index (χ3n) is 3.66. The SMILES string of the molecule is O=C1CC(c2cccc3ccccc23)C(CO)N1. The number of hydrogen-bond donors (Lipinski definition) is 2. The summed E-state index contributed by atoms with van der Waals surface area (Å²) in [7, 11) is 0. The summed E-state index contributed by atoms with van der Waals surface area (Å²) in [4.78, 5) is 11.5. The summed E-state index contributed by atoms with van der Waals surface area (Å²) >= 11 is 0. The van der Waals surface area contributed by atoms with Crippen LogP contribution < -0.4 is 5.32 Å². The average Bonchev–Trinajstić information content (AvgIpc) is 2.79. The molecule has 18 heavy (non-hydrogen) atoms. The van der Waals surface area contributed by atoms with Gasteiger partial charge in [0.1, 0.15) is 0 Å². The first-order valence-corrected chi connectivity index (χ1v) is 6.17. The smallest absolute Gasteiger partial charge is 0.221 e. The summed E-state index contributed by atoms with van der Waals surface area (Å²) in [6.07, 6.45) is 0.458. The lowest BCUT2D eigenvalue weighted by atomic mass is 9.88. The van der Waals surface area contributed by atoms with Gasteiger partial charge in [-0.05, 0) is 16.3 Å². The Hall–Kier alpha value is -1.87. The van der Waals surface area contributed by atoms with Crippen LogP contribution in [0.5, 0.6) is 0 Å². The first-order chi connectivity index (χ1) is 8.79. The van der Waals surface area contributed by atoms with Gasteiger partial charge in [-0.2, -0.15) is 0 Å². The fourth-order valence-electron chi connectivity index (χ4n) is 2.78. The molecule has 0 aliphatic carbocycles. The number of rotatable bonds is 2. The molecule has 1 aliphatic rings. The van der Waals surface area contributed by atoms with Crippen LogP contribution in [0.15, 0.2) is 42.5 Å². The Morgan fingerprint density at radius 3 is 2.78 bits per heavy atom. The molecule has 1 aliphatic heterocycles. The Balaban J connectivity index is 2.11. The first kappa shape index (κ1) is 11.2. The second-order valence-electron chi connectivity index (χ2n) is 4.74. The van der Waals surface area contributed by atoms with E-state index in [1.807, 2.05) is 18.2 Å². The van der Waals surface area contributed by atoms with E-state index in [0.29, 0.717) is 6.42 Å². The summed E-state index contributed by atoms with van der Waals surface area (Å²) in [6, 6.07) is 14.1. The Kier molecular flexibility index (Phi) is 2.76. The lowest BCUT2D eigenvalue weighted by Gasteiger charge is -2.18. The van der Waals surface area contributed by atoms with Crippen molar-refractivity contribution in [3.63, 3.8) is 0 Å². The highest BCUT2D eigenvalue weighted by Gasteiger charge is 2.33. The first-order valence-electron chi connectivity index (χ1n) is 6.17. The van der Waals surface area contributed by atoms with Crippen molar-refractivity contribution in [2.45, 2.75) is 18.4 Å². The highest BCUT2D eigenvalue weighted by Crippen LogP contribution is 2.33. The van der Waals surface area contributed by atoms with Gasteiger partial charge in [0.05, 0.1) is 12.6 Å². The van der Waals surface area contributed by atoms with Gasteiger partial charge < -0.3 is 10.4 Å². The van der Waals surface area contributed by atoms with Gasteiger partial charge in [0.2, 0.25) is 5.91 Å². The number of carbonyl (C=O) groups is 1. The molecule has 3 rings (SSSR count). The van der Waals surface area contributed by atoms with E-state index in [1.54, 1.807) is 0 Å². The number of carbonyl (C=O) groups excluding carboxylic acids is 1. The maximum atomic E-state index is 11.5. The molecular formula is C15H15NO2. The summed E-state index contributed by atoms with van der Waals surface area (Å²) in [6.45, 7) is -0.0143. The minimum absolute atomic E-state index is 0.0143. The molecule has 1 amide bonds. The average molecular weight is 241 g/mol. The number of aliphatic hydroxyl groups excluding tert-OH is 1. The van der Waals surface area contributed by atoms with Crippen molar-refractivity contribution >= 4 is 16.7 Å². The molecule has 3 nitrogen and oxygen atoms in total. The molecule has 2 unspecified atom stereocenters. The zero-order chi connectivity index (χ0) is 12.5. The molecule has 1 saturated heterocycles. The van der Waals surface area contributed by atoms with Gasteiger partial charge >= 0.3 is 0 Å². The maximum absolute atomic E-state index is 11.5. The molecule has 2 atom stereocenters. The van der Waals surface area contributed by atoms with Crippen LogP contribution in [0.25, 0.3) is 10.8 Å². The fraction of sp³-hybridized carbons (Fsp3) is 0.267. The van der Waals surface area contributed by atoms with Crippen LogP contribution in [0.3, 0.4) is 0 Å². The lowest BCUT2D eigenvalue weighted by Crippen LogP contribution is -2.31. The molecule has 0 aromatic heterocycles. The Labute approximate surface area is 105 Å². The zero-order valence-electron chi connectivity index (χ0n) is 9.97. The molecular weight excluding hydrogens is 226 g/mol. The Morgan fingerprint density at radius 1 is 1.17 bits per heavy atom. The Bertz CT molecular complexity index is 589. The quantitative estimate of drug-likeness (QED) is 0.842. The van der Waals surface area contributed by atoms with E-state index in [2.05, 4.69) is 29.6 Å². The molecule has 0 bridgehead atoms. The minimum Gasteiger partial charge on any atom is -0.394 e. The van der Waals surface area contributed by atoms with E-state index in [4.69, 9.17) is 0 Å². The largest absolute Gasteiger partial charge is 0.394 e. The van der Waals surface area contributed by atoms with Crippen molar-refractivity contribution < 1.29 is 9.90 Å². The second kappa shape index (κ2) is 4.42. The summed E-state index contributed by atoms with van der Waals surface area (Å²) < 4.78 is 0. The van der Waals surface area contributed by atoms with Crippen LogP contribution in [-0.4, -0.2) is 23.7 Å². The number of fused-ring (bicyclic) bond motifs is 1. The number of nitrogens with one attached hydrogen (secondary N) is 1. The van der Waals surface area contributed by atoms with Crippen molar-refractivity contribution in [1.29, 1.82) is 0 Å². The zero-order valence-corrected chi connectivity index (χ0v) is 9.97. The van der Waals surface area contributed by atoms with Gasteiger partial charge in [0.15, 0.2) is 0 Å². The van der Waals surface area contributed by atoms with E-state index in [1.165, 1.54) is 10.8 Å². The predicted molar refractivity (Wildman–Crippen MR) is 70.3 cm³/mol. The van der Waals surface area contributed by atoms with Crippen LogP contribution in [-0.2, 0) is 4.79 Å². The third kappa shape index (κ3) is 1.77. The van der Waals surface area contributed by atoms with Gasteiger partial charge in [0.25, 0.3) is 0 Å². The van der Waals surface area contributed by atoms with E-state index < -0.39 is 0 Å². The highest BCUT2D eigenvalue weighted by atomic mass is 16.3. The standard InChI is InChI=1S/C15H15NO2/c17-9-14-13(8-15(18)16-14)12-7-3-5-10-4-1-2-6-11(10)12/h1-7,13-14,17H,8-9H2,(H,16,18). The van der Waals surface area contributed by atoms with Gasteiger partial charge in [-0.1, -0.05) is 42.5 Å². The molecule has 2 aromatic carbocycles. The number of aliphatic hydroxyl groups is 1. The topological polar surface area (TPSA) is 49.3 Å². The minimum atomic E-state index is -0.164. The van der Waals surface area contributed by atoms with Crippen LogP contribution in [0.4, 0.5) is 0 Å². The Morgan fingerprint density at radius 2 is 1.94 bits per heavy atom. The van der Waals surface area contributed by atoms with Crippen LogP contribution in [0.2, 0.25) is 0 Å². The van der Waals surface area contributed by atoms with Gasteiger partial charge in [-0.15, -0.1) is 0 Å². The van der Waals surface area contributed by atoms with Gasteiger partial charge in [0, 0.05) is 12.3 Å². The van der Waals surface area contributed by atoms with Crippen LogP contribution in [0, 0.1) is 0 Å². The summed E-state index contributed by atoms with van der Waals surface area (Å²) in [5, 5.41) is 14.5. The molecule has 0 spiro atoms. The molecule has 0 saturated carbocycles. The van der Waals surface area contributed by atoms with E-state index in [0.717, 1.165) is 5.56 Å². The second-order valence-corrected chi connectivity index (χ2v) is 4.74. The van der Waals surface area contributed by atoms with Gasteiger partial charge in [-0.25, -0.2) is 0 Å². The van der Waals surface area contributed by atoms with Crippen molar-refractivity contribution in [3.8, 4) is 0 Å². The monoisotopic (exact) mass is 241 g/mol. The lowest BCUT2D eigenvalue weighted by molar-refractivity contribution is -0.119. The maximum Gasteiger partial charge on any atom is 0.221 e. The molecule has 2 aromatic rings. The van der Waals surface area contributed by atoms with Crippen molar-refractivity contribution in [2.24, 2.45) is 0 Å². The fourth-order valence-corrected chi connectivity index (χ4v) is 2.78. The predicted octanol–water partition coefficient (Wildman–Crippen LogP) is 1.80. The van der Waals surface area contributed by atoms with E-state index in [9.17, 15) is 9.90 Å². The van der Waals surface area contributed by atoms with Crippen LogP contribution in [0.1, 0.15) is 17.9 Å². The summed E-state index contributed by atoms with van der Waals surface area (Å²) in [5.74, 6) is 0.0839. The normalized spacial score (nSPS) is 23.3. The van der Waals surface area contributed by atoms with Crippen LogP contribution >= 0.6 is 0 Å². The van der Waals surface area contributed by atoms with Gasteiger partial charge in [-0.3, -0.25) is 4.79 Å².